The number of hydrogen-bond donors (Lipinski definition) is 2. The minimum Gasteiger partial charge on any atom is -0.481 e. The van der Waals surface area contributed by atoms with E-state index in [1.54, 1.807) is 42.7 Å². The molecule has 0 aliphatic heterocycles. The van der Waals surface area contributed by atoms with Crippen molar-refractivity contribution in [1.82, 2.24) is 4.98 Å². The van der Waals surface area contributed by atoms with E-state index in [2.05, 4.69) is 4.98 Å². The smallest absolute Gasteiger partial charge is 0.304 e. The van der Waals surface area contributed by atoms with Crippen LogP contribution in [0.4, 0.5) is 0 Å². The summed E-state index contributed by atoms with van der Waals surface area (Å²) < 4.78 is 5.69. The van der Waals surface area contributed by atoms with Gasteiger partial charge < -0.3 is 15.6 Å². The van der Waals surface area contributed by atoms with Gasteiger partial charge in [0, 0.05) is 18.3 Å². The lowest BCUT2D eigenvalue weighted by molar-refractivity contribution is -0.137. The van der Waals surface area contributed by atoms with E-state index in [0.717, 1.165) is 5.56 Å². The number of aromatic nitrogens is 1. The van der Waals surface area contributed by atoms with Crippen LogP contribution in [0.3, 0.4) is 0 Å². The highest BCUT2D eigenvalue weighted by Gasteiger charge is 2.16. The number of carbonyl (C=O) groups is 1. The molecule has 5 nitrogen and oxygen atoms in total. The third-order valence-corrected chi connectivity index (χ3v) is 3.32. The van der Waals surface area contributed by atoms with E-state index in [0.29, 0.717) is 16.5 Å². The van der Waals surface area contributed by atoms with Gasteiger partial charge in [0.25, 0.3) is 0 Å². The predicted octanol–water partition coefficient (Wildman–Crippen LogP) is 3.04. The third-order valence-electron chi connectivity index (χ3n) is 3.01. The zero-order valence-electron chi connectivity index (χ0n) is 11.2. The first-order valence-electron chi connectivity index (χ1n) is 6.39. The Morgan fingerprint density at radius 1 is 1.33 bits per heavy atom. The highest BCUT2D eigenvalue weighted by atomic mass is 35.5. The lowest BCUT2D eigenvalue weighted by Gasteiger charge is -2.15. The summed E-state index contributed by atoms with van der Waals surface area (Å²) in [7, 11) is 0. The molecule has 2 aromatic rings. The van der Waals surface area contributed by atoms with Gasteiger partial charge in [-0.1, -0.05) is 17.7 Å². The van der Waals surface area contributed by atoms with Gasteiger partial charge in [0.2, 0.25) is 0 Å². The van der Waals surface area contributed by atoms with Gasteiger partial charge in [-0.05, 0) is 36.4 Å². The molecule has 6 heteroatoms. The standard InChI is InChI=1S/C15H15ClN2O3/c16-13-2-1-10(11(9-17)8-15(19)20)7-14(13)21-12-3-5-18-6-4-12/h1-7,11H,8-9,17H2,(H,19,20)/t11-/m0/s1. The maximum atomic E-state index is 10.9. The molecule has 0 fully saturated rings. The highest BCUT2D eigenvalue weighted by Crippen LogP contribution is 2.32. The molecule has 0 unspecified atom stereocenters. The molecule has 1 heterocycles. The van der Waals surface area contributed by atoms with Crippen LogP contribution in [0.15, 0.2) is 42.7 Å². The number of nitrogens with two attached hydrogens (primary N) is 1. The number of hydrogen-bond acceptors (Lipinski definition) is 4. The summed E-state index contributed by atoms with van der Waals surface area (Å²) in [6.07, 6.45) is 3.19. The largest absolute Gasteiger partial charge is 0.481 e. The number of rotatable bonds is 6. The van der Waals surface area contributed by atoms with Gasteiger partial charge >= 0.3 is 5.97 Å². The van der Waals surface area contributed by atoms with Gasteiger partial charge in [-0.15, -0.1) is 0 Å². The molecule has 0 spiro atoms. The molecular weight excluding hydrogens is 292 g/mol. The van der Waals surface area contributed by atoms with Gasteiger partial charge in [-0.3, -0.25) is 9.78 Å². The van der Waals surface area contributed by atoms with E-state index in [9.17, 15) is 4.79 Å². The Kier molecular flexibility index (Phi) is 5.14. The van der Waals surface area contributed by atoms with Gasteiger partial charge in [-0.2, -0.15) is 0 Å². The van der Waals surface area contributed by atoms with Crippen molar-refractivity contribution in [3.8, 4) is 11.5 Å². The predicted molar refractivity (Wildman–Crippen MR) is 79.8 cm³/mol. The van der Waals surface area contributed by atoms with Crippen LogP contribution in [-0.2, 0) is 4.79 Å². The SMILES string of the molecule is NC[C@H](CC(=O)O)c1ccc(Cl)c(Oc2ccncc2)c1. The summed E-state index contributed by atoms with van der Waals surface area (Å²) in [4.78, 5) is 14.8. The van der Waals surface area contributed by atoms with Crippen molar-refractivity contribution in [2.45, 2.75) is 12.3 Å². The summed E-state index contributed by atoms with van der Waals surface area (Å²) >= 11 is 6.11. The second-order valence-corrected chi connectivity index (χ2v) is 4.91. The number of halogens is 1. The average Bonchev–Trinajstić information content (AvgIpc) is 2.48. The minimum atomic E-state index is -0.892. The molecule has 0 radical (unpaired) electrons. The Labute approximate surface area is 127 Å². The summed E-state index contributed by atoms with van der Waals surface area (Å²) in [5, 5.41) is 9.36. The molecule has 0 aliphatic rings. The molecule has 0 saturated heterocycles. The zero-order chi connectivity index (χ0) is 15.2. The van der Waals surface area contributed by atoms with Crippen molar-refractivity contribution in [3.05, 3.63) is 53.3 Å². The number of pyridine rings is 1. The first-order valence-corrected chi connectivity index (χ1v) is 6.77. The Morgan fingerprint density at radius 3 is 2.67 bits per heavy atom. The highest BCUT2D eigenvalue weighted by molar-refractivity contribution is 6.32. The summed E-state index contributed by atoms with van der Waals surface area (Å²) in [6.45, 7) is 0.239. The number of ether oxygens (including phenoxy) is 1. The minimum absolute atomic E-state index is 0.0349. The third kappa shape index (κ3) is 4.18. The fraction of sp³-hybridized carbons (Fsp3) is 0.200. The molecule has 21 heavy (non-hydrogen) atoms. The number of benzene rings is 1. The zero-order valence-corrected chi connectivity index (χ0v) is 12.0. The van der Waals surface area contributed by atoms with E-state index < -0.39 is 5.97 Å². The molecule has 1 aromatic carbocycles. The van der Waals surface area contributed by atoms with Gasteiger partial charge in [0.1, 0.15) is 11.5 Å². The van der Waals surface area contributed by atoms with Crippen LogP contribution in [-0.4, -0.2) is 22.6 Å². The van der Waals surface area contributed by atoms with Crippen LogP contribution in [0.2, 0.25) is 5.02 Å². The first-order chi connectivity index (χ1) is 10.1. The van der Waals surface area contributed by atoms with Crippen LogP contribution in [0, 0.1) is 0 Å². The molecule has 2 rings (SSSR count). The quantitative estimate of drug-likeness (QED) is 0.856. The van der Waals surface area contributed by atoms with E-state index in [-0.39, 0.29) is 18.9 Å². The molecule has 0 saturated carbocycles. The number of carboxylic acid groups (broad SMARTS) is 1. The molecule has 1 aromatic heterocycles. The van der Waals surface area contributed by atoms with Crippen molar-refractivity contribution < 1.29 is 14.6 Å². The molecule has 0 aliphatic carbocycles. The van der Waals surface area contributed by atoms with Crippen molar-refractivity contribution in [3.63, 3.8) is 0 Å². The molecule has 3 N–H and O–H groups in total. The summed E-state index contributed by atoms with van der Waals surface area (Å²) in [5.74, 6) is -0.104. The number of carboxylic acids is 1. The van der Waals surface area contributed by atoms with Crippen LogP contribution < -0.4 is 10.5 Å². The fourth-order valence-corrected chi connectivity index (χ4v) is 2.09. The van der Waals surface area contributed by atoms with Crippen molar-refractivity contribution >= 4 is 17.6 Å². The number of aliphatic carboxylic acids is 1. The first kappa shape index (κ1) is 15.3. The summed E-state index contributed by atoms with van der Waals surface area (Å²) in [6, 6.07) is 8.59. The molecule has 0 amide bonds. The monoisotopic (exact) mass is 306 g/mol. The normalized spacial score (nSPS) is 11.9. The molecule has 0 bridgehead atoms. The lowest BCUT2D eigenvalue weighted by atomic mass is 9.96. The molecular formula is C15H15ClN2O3. The van der Waals surface area contributed by atoms with Crippen molar-refractivity contribution in [2.75, 3.05) is 6.54 Å². The molecule has 110 valence electrons. The lowest BCUT2D eigenvalue weighted by Crippen LogP contribution is -2.16. The van der Waals surface area contributed by atoms with Gasteiger partial charge in [0.05, 0.1) is 11.4 Å². The van der Waals surface area contributed by atoms with Gasteiger partial charge in [0.15, 0.2) is 0 Å². The van der Waals surface area contributed by atoms with Crippen molar-refractivity contribution in [2.24, 2.45) is 5.73 Å². The van der Waals surface area contributed by atoms with E-state index in [4.69, 9.17) is 27.2 Å². The maximum absolute atomic E-state index is 10.9. The fourth-order valence-electron chi connectivity index (χ4n) is 1.93. The van der Waals surface area contributed by atoms with Crippen LogP contribution in [0.1, 0.15) is 17.9 Å². The van der Waals surface area contributed by atoms with Crippen LogP contribution >= 0.6 is 11.6 Å². The van der Waals surface area contributed by atoms with Crippen LogP contribution in [0.5, 0.6) is 11.5 Å². The van der Waals surface area contributed by atoms with E-state index in [1.165, 1.54) is 0 Å². The average molecular weight is 307 g/mol. The van der Waals surface area contributed by atoms with Crippen LogP contribution in [0.25, 0.3) is 0 Å². The second-order valence-electron chi connectivity index (χ2n) is 4.51. The Hall–Kier alpha value is -2.11. The van der Waals surface area contributed by atoms with Gasteiger partial charge in [-0.25, -0.2) is 0 Å². The Morgan fingerprint density at radius 2 is 2.05 bits per heavy atom. The number of nitrogens with zero attached hydrogens (tertiary/aromatic N) is 1. The van der Waals surface area contributed by atoms with Crippen molar-refractivity contribution in [1.29, 1.82) is 0 Å². The summed E-state index contributed by atoms with van der Waals surface area (Å²) in [5.41, 5.74) is 6.43. The topological polar surface area (TPSA) is 85.4 Å². The van der Waals surface area contributed by atoms with E-state index in [1.807, 2.05) is 0 Å². The van der Waals surface area contributed by atoms with E-state index >= 15 is 0 Å². The molecule has 1 atom stereocenters. The second kappa shape index (κ2) is 7.06. The Bertz CT molecular complexity index is 620. The Balaban J connectivity index is 2.26. The maximum Gasteiger partial charge on any atom is 0.304 e.